The summed E-state index contributed by atoms with van der Waals surface area (Å²) in [6, 6.07) is 3.94. The van der Waals surface area contributed by atoms with Gasteiger partial charge in [-0.2, -0.15) is 5.10 Å². The minimum Gasteiger partial charge on any atom is -0.267 e. The fourth-order valence-corrected chi connectivity index (χ4v) is 3.40. The van der Waals surface area contributed by atoms with Gasteiger partial charge in [-0.25, -0.2) is 13.1 Å². The molecule has 3 rings (SSSR count). The van der Waals surface area contributed by atoms with Crippen molar-refractivity contribution in [2.24, 2.45) is 0 Å². The van der Waals surface area contributed by atoms with E-state index in [1.807, 2.05) is 16.8 Å². The third-order valence-electron chi connectivity index (χ3n) is 3.90. The van der Waals surface area contributed by atoms with Gasteiger partial charge in [0, 0.05) is 35.8 Å². The zero-order valence-corrected chi connectivity index (χ0v) is 13.4. The Morgan fingerprint density at radius 1 is 1.23 bits per heavy atom. The Balaban J connectivity index is 1.89. The van der Waals surface area contributed by atoms with E-state index in [1.54, 1.807) is 12.4 Å². The number of rotatable bonds is 5. The fourth-order valence-electron chi connectivity index (χ4n) is 2.93. The molecule has 2 heterocycles. The lowest BCUT2D eigenvalue weighted by molar-refractivity contribution is 0.541. The van der Waals surface area contributed by atoms with Crippen LogP contribution in [-0.4, -0.2) is 36.0 Å². The van der Waals surface area contributed by atoms with Gasteiger partial charge in [0.1, 0.15) is 0 Å². The lowest BCUT2D eigenvalue weighted by atomic mass is 9.94. The van der Waals surface area contributed by atoms with Gasteiger partial charge < -0.3 is 0 Å². The molecule has 0 bridgehead atoms. The molecule has 7 heteroatoms. The summed E-state index contributed by atoms with van der Waals surface area (Å²) in [7, 11) is -3.16. The van der Waals surface area contributed by atoms with Crippen molar-refractivity contribution in [1.82, 2.24) is 19.5 Å². The third-order valence-corrected chi connectivity index (χ3v) is 4.63. The van der Waals surface area contributed by atoms with Gasteiger partial charge in [0.05, 0.1) is 18.5 Å². The first kappa shape index (κ1) is 15.2. The lowest BCUT2D eigenvalue weighted by Crippen LogP contribution is -2.27. The van der Waals surface area contributed by atoms with Crippen LogP contribution in [-0.2, 0) is 29.4 Å². The van der Waals surface area contributed by atoms with E-state index in [4.69, 9.17) is 5.10 Å². The number of hydrogen-bond donors (Lipinski definition) is 1. The average molecular weight is 320 g/mol. The van der Waals surface area contributed by atoms with Crippen LogP contribution in [0.3, 0.4) is 0 Å². The highest BCUT2D eigenvalue weighted by atomic mass is 32.2. The summed E-state index contributed by atoms with van der Waals surface area (Å²) in [5.41, 5.74) is 4.63. The van der Waals surface area contributed by atoms with Crippen LogP contribution >= 0.6 is 0 Å². The Hall–Kier alpha value is -1.73. The van der Waals surface area contributed by atoms with Crippen molar-refractivity contribution in [3.8, 4) is 11.3 Å². The molecule has 0 saturated carbocycles. The maximum Gasteiger partial charge on any atom is 0.208 e. The standard InChI is InChI=1S/C15H20N4O2S/c1-22(20,21)17-10-11-19-14-5-3-2-4-13(14)15(18-19)12-6-8-16-9-7-12/h6-9,17H,2-5,10-11H2,1H3. The molecule has 0 saturated heterocycles. The van der Waals surface area contributed by atoms with E-state index >= 15 is 0 Å². The van der Waals surface area contributed by atoms with Gasteiger partial charge in [0.25, 0.3) is 0 Å². The van der Waals surface area contributed by atoms with Crippen molar-refractivity contribution >= 4 is 10.0 Å². The summed E-state index contributed by atoms with van der Waals surface area (Å²) in [5.74, 6) is 0. The molecule has 1 N–H and O–H groups in total. The van der Waals surface area contributed by atoms with Crippen LogP contribution < -0.4 is 4.72 Å². The van der Waals surface area contributed by atoms with Gasteiger partial charge in [-0.15, -0.1) is 0 Å². The van der Waals surface area contributed by atoms with Crippen LogP contribution in [0.25, 0.3) is 11.3 Å². The topological polar surface area (TPSA) is 76.9 Å². The minimum absolute atomic E-state index is 0.364. The SMILES string of the molecule is CS(=O)(=O)NCCn1nc(-c2ccncc2)c2c1CCCC2. The quantitative estimate of drug-likeness (QED) is 0.903. The maximum atomic E-state index is 11.2. The molecule has 22 heavy (non-hydrogen) atoms. The van der Waals surface area contributed by atoms with Crippen LogP contribution in [0.1, 0.15) is 24.1 Å². The van der Waals surface area contributed by atoms with E-state index in [0.717, 1.165) is 30.5 Å². The van der Waals surface area contributed by atoms with Gasteiger partial charge in [-0.05, 0) is 37.8 Å². The molecular formula is C15H20N4O2S. The largest absolute Gasteiger partial charge is 0.267 e. The van der Waals surface area contributed by atoms with Crippen LogP contribution in [0.4, 0.5) is 0 Å². The normalized spacial score (nSPS) is 14.8. The van der Waals surface area contributed by atoms with E-state index in [1.165, 1.54) is 23.9 Å². The number of nitrogens with one attached hydrogen (secondary N) is 1. The molecule has 0 unspecified atom stereocenters. The number of sulfonamides is 1. The highest BCUT2D eigenvalue weighted by molar-refractivity contribution is 7.88. The van der Waals surface area contributed by atoms with Crippen molar-refractivity contribution in [1.29, 1.82) is 0 Å². The number of fused-ring (bicyclic) bond motifs is 1. The average Bonchev–Trinajstić information content (AvgIpc) is 2.86. The fraction of sp³-hybridized carbons (Fsp3) is 0.467. The van der Waals surface area contributed by atoms with E-state index in [2.05, 4.69) is 9.71 Å². The van der Waals surface area contributed by atoms with Crippen molar-refractivity contribution in [2.75, 3.05) is 12.8 Å². The number of aromatic nitrogens is 3. The molecule has 0 radical (unpaired) electrons. The van der Waals surface area contributed by atoms with Crippen molar-refractivity contribution < 1.29 is 8.42 Å². The van der Waals surface area contributed by atoms with Gasteiger partial charge in [0.15, 0.2) is 0 Å². The van der Waals surface area contributed by atoms with Crippen LogP contribution in [0.2, 0.25) is 0 Å². The summed E-state index contributed by atoms with van der Waals surface area (Å²) in [6.45, 7) is 0.920. The van der Waals surface area contributed by atoms with E-state index in [9.17, 15) is 8.42 Å². The van der Waals surface area contributed by atoms with E-state index < -0.39 is 10.0 Å². The molecule has 2 aromatic heterocycles. The predicted octanol–water partition coefficient (Wildman–Crippen LogP) is 1.37. The molecular weight excluding hydrogens is 300 g/mol. The Morgan fingerprint density at radius 3 is 2.68 bits per heavy atom. The molecule has 1 aliphatic carbocycles. The van der Waals surface area contributed by atoms with Gasteiger partial charge in [-0.1, -0.05) is 0 Å². The molecule has 118 valence electrons. The van der Waals surface area contributed by atoms with E-state index in [0.29, 0.717) is 13.1 Å². The first-order valence-corrected chi connectivity index (χ1v) is 9.37. The summed E-state index contributed by atoms with van der Waals surface area (Å²) < 4.78 is 26.9. The Morgan fingerprint density at radius 2 is 1.95 bits per heavy atom. The maximum absolute atomic E-state index is 11.2. The predicted molar refractivity (Wildman–Crippen MR) is 84.9 cm³/mol. The van der Waals surface area contributed by atoms with Crippen LogP contribution in [0.5, 0.6) is 0 Å². The second kappa shape index (κ2) is 6.18. The van der Waals surface area contributed by atoms with Crippen molar-refractivity contribution in [3.63, 3.8) is 0 Å². The van der Waals surface area contributed by atoms with Crippen molar-refractivity contribution in [3.05, 3.63) is 35.8 Å². The molecule has 0 aromatic carbocycles. The Kier molecular flexibility index (Phi) is 4.26. The molecule has 0 fully saturated rings. The second-order valence-corrected chi connectivity index (χ2v) is 7.44. The third kappa shape index (κ3) is 3.36. The lowest BCUT2D eigenvalue weighted by Gasteiger charge is -2.14. The molecule has 2 aromatic rings. The summed E-state index contributed by atoms with van der Waals surface area (Å²) in [5, 5.41) is 4.74. The second-order valence-electron chi connectivity index (χ2n) is 5.61. The van der Waals surface area contributed by atoms with Gasteiger partial charge in [0.2, 0.25) is 10.0 Å². The van der Waals surface area contributed by atoms with Gasteiger partial charge in [-0.3, -0.25) is 9.67 Å². The van der Waals surface area contributed by atoms with Crippen molar-refractivity contribution in [2.45, 2.75) is 32.2 Å². The monoisotopic (exact) mass is 320 g/mol. The first-order valence-electron chi connectivity index (χ1n) is 7.48. The molecule has 6 nitrogen and oxygen atoms in total. The highest BCUT2D eigenvalue weighted by Gasteiger charge is 2.21. The number of pyridine rings is 1. The molecule has 0 aliphatic heterocycles. The summed E-state index contributed by atoms with van der Waals surface area (Å²) in [4.78, 5) is 4.06. The van der Waals surface area contributed by atoms with E-state index in [-0.39, 0.29) is 0 Å². The smallest absolute Gasteiger partial charge is 0.208 e. The van der Waals surface area contributed by atoms with Crippen LogP contribution in [0, 0.1) is 0 Å². The zero-order valence-electron chi connectivity index (χ0n) is 12.6. The van der Waals surface area contributed by atoms with Gasteiger partial charge >= 0.3 is 0 Å². The first-order chi connectivity index (χ1) is 10.5. The molecule has 1 aliphatic rings. The number of nitrogens with zero attached hydrogens (tertiary/aromatic N) is 3. The highest BCUT2D eigenvalue weighted by Crippen LogP contribution is 2.30. The molecule has 0 atom stereocenters. The Labute approximate surface area is 130 Å². The summed E-state index contributed by atoms with van der Waals surface area (Å²) in [6.07, 6.45) is 9.10. The molecule has 0 amide bonds. The number of hydrogen-bond acceptors (Lipinski definition) is 4. The molecule has 0 spiro atoms. The Bertz CT molecular complexity index is 753. The zero-order chi connectivity index (χ0) is 15.6. The van der Waals surface area contributed by atoms with Crippen LogP contribution in [0.15, 0.2) is 24.5 Å². The minimum atomic E-state index is -3.16. The summed E-state index contributed by atoms with van der Waals surface area (Å²) >= 11 is 0.